The van der Waals surface area contributed by atoms with Crippen LogP contribution in [-0.4, -0.2) is 58.2 Å². The molecule has 0 saturated carbocycles. The molecule has 1 aromatic carbocycles. The van der Waals surface area contributed by atoms with E-state index in [0.29, 0.717) is 19.3 Å². The number of carbonyl (C=O) groups is 2. The second kappa shape index (κ2) is 10.9. The second-order valence-electron chi connectivity index (χ2n) is 8.65. The van der Waals surface area contributed by atoms with Crippen molar-refractivity contribution >= 4 is 11.9 Å². The summed E-state index contributed by atoms with van der Waals surface area (Å²) in [5, 5.41) is 9.68. The van der Waals surface area contributed by atoms with Gasteiger partial charge in [-0.05, 0) is 12.0 Å². The molecule has 0 radical (unpaired) electrons. The first-order chi connectivity index (χ1) is 14.6. The smallest absolute Gasteiger partial charge is 0.328 e. The summed E-state index contributed by atoms with van der Waals surface area (Å²) < 4.78 is 6.04. The molecule has 0 unspecified atom stereocenters. The first kappa shape index (κ1) is 22.8. The molecule has 1 N–H and O–H groups in total. The molecule has 6 heteroatoms. The van der Waals surface area contributed by atoms with Crippen molar-refractivity contribution in [2.75, 3.05) is 19.7 Å². The molecule has 1 atom stereocenters. The van der Waals surface area contributed by atoms with E-state index >= 15 is 0 Å². The van der Waals surface area contributed by atoms with E-state index in [-0.39, 0.29) is 12.5 Å². The summed E-state index contributed by atoms with van der Waals surface area (Å²) in [7, 11) is 0. The van der Waals surface area contributed by atoms with Crippen molar-refractivity contribution in [3.8, 4) is 0 Å². The van der Waals surface area contributed by atoms with Gasteiger partial charge in [0.15, 0.2) is 6.04 Å². The van der Waals surface area contributed by atoms with Crippen LogP contribution >= 0.6 is 0 Å². The quantitative estimate of drug-likeness (QED) is 0.583. The number of benzene rings is 1. The number of rotatable bonds is 10. The van der Waals surface area contributed by atoms with Gasteiger partial charge in [0.1, 0.15) is 5.72 Å². The molecule has 2 heterocycles. The zero-order valence-electron chi connectivity index (χ0n) is 18.2. The Labute approximate surface area is 180 Å². The number of hydrogen-bond acceptors (Lipinski definition) is 4. The second-order valence-corrected chi connectivity index (χ2v) is 8.65. The lowest BCUT2D eigenvalue weighted by Crippen LogP contribution is -2.58. The Kier molecular flexibility index (Phi) is 8.28. The van der Waals surface area contributed by atoms with E-state index < -0.39 is 17.7 Å². The van der Waals surface area contributed by atoms with E-state index in [0.717, 1.165) is 38.9 Å². The maximum atomic E-state index is 13.1. The van der Waals surface area contributed by atoms with Crippen LogP contribution in [0.25, 0.3) is 0 Å². The third-order valence-electron chi connectivity index (χ3n) is 6.44. The molecule has 1 spiro atoms. The Morgan fingerprint density at radius 1 is 1.07 bits per heavy atom. The van der Waals surface area contributed by atoms with Crippen LogP contribution in [0.5, 0.6) is 0 Å². The van der Waals surface area contributed by atoms with Crippen LogP contribution in [0.2, 0.25) is 0 Å². The Morgan fingerprint density at radius 3 is 2.40 bits per heavy atom. The molecular weight excluding hydrogens is 380 g/mol. The minimum absolute atomic E-state index is 0.0631. The van der Waals surface area contributed by atoms with E-state index in [4.69, 9.17) is 4.74 Å². The van der Waals surface area contributed by atoms with Crippen LogP contribution in [0, 0.1) is 0 Å². The van der Waals surface area contributed by atoms with E-state index in [1.165, 1.54) is 24.8 Å². The fraction of sp³-hybridized carbons (Fsp3) is 0.667. The van der Waals surface area contributed by atoms with Crippen molar-refractivity contribution in [3.63, 3.8) is 0 Å². The van der Waals surface area contributed by atoms with Crippen LogP contribution < -0.4 is 0 Å². The van der Waals surface area contributed by atoms with Gasteiger partial charge in [0, 0.05) is 38.9 Å². The minimum Gasteiger partial charge on any atom is -0.480 e. The number of likely N-dealkylation sites (tertiary alicyclic amines) is 1. The van der Waals surface area contributed by atoms with Crippen LogP contribution in [0.15, 0.2) is 30.3 Å². The third-order valence-corrected chi connectivity index (χ3v) is 6.44. The molecule has 166 valence electrons. The average Bonchev–Trinajstić information content (AvgIpc) is 3.12. The SMILES string of the molecule is CCCCCCCCC(=O)N1[C@@H](C(=O)O)COC12CCN(Cc1ccccc1)CC2. The monoisotopic (exact) mass is 416 g/mol. The Hall–Kier alpha value is -1.92. The van der Waals surface area contributed by atoms with Crippen molar-refractivity contribution in [2.45, 2.75) is 83.0 Å². The maximum absolute atomic E-state index is 13.1. The highest BCUT2D eigenvalue weighted by Gasteiger charge is 2.53. The molecule has 30 heavy (non-hydrogen) atoms. The van der Waals surface area contributed by atoms with Gasteiger partial charge in [-0.1, -0.05) is 69.4 Å². The van der Waals surface area contributed by atoms with Gasteiger partial charge in [0.05, 0.1) is 6.61 Å². The zero-order chi connectivity index (χ0) is 21.4. The number of ether oxygens (including phenoxy) is 1. The summed E-state index contributed by atoms with van der Waals surface area (Å²) >= 11 is 0. The van der Waals surface area contributed by atoms with E-state index in [2.05, 4.69) is 24.0 Å². The zero-order valence-corrected chi connectivity index (χ0v) is 18.2. The molecule has 6 nitrogen and oxygen atoms in total. The number of piperidine rings is 1. The molecule has 0 bridgehead atoms. The van der Waals surface area contributed by atoms with Crippen LogP contribution in [-0.2, 0) is 20.9 Å². The summed E-state index contributed by atoms with van der Waals surface area (Å²) in [5.41, 5.74) is 0.510. The fourth-order valence-electron chi connectivity index (χ4n) is 4.71. The van der Waals surface area contributed by atoms with Crippen LogP contribution in [0.1, 0.15) is 70.3 Å². The van der Waals surface area contributed by atoms with Crippen molar-refractivity contribution < 1.29 is 19.4 Å². The van der Waals surface area contributed by atoms with Crippen molar-refractivity contribution in [2.24, 2.45) is 0 Å². The molecular formula is C24H36N2O4. The van der Waals surface area contributed by atoms with E-state index in [9.17, 15) is 14.7 Å². The predicted octanol–water partition coefficient (Wildman–Crippen LogP) is 4.04. The number of amides is 1. The van der Waals surface area contributed by atoms with Gasteiger partial charge in [-0.3, -0.25) is 14.6 Å². The number of carbonyl (C=O) groups excluding carboxylic acids is 1. The van der Waals surface area contributed by atoms with Gasteiger partial charge in [0.2, 0.25) is 5.91 Å². The van der Waals surface area contributed by atoms with Crippen molar-refractivity contribution in [1.82, 2.24) is 9.80 Å². The maximum Gasteiger partial charge on any atom is 0.328 e. The van der Waals surface area contributed by atoms with Gasteiger partial charge < -0.3 is 9.84 Å². The highest BCUT2D eigenvalue weighted by Crippen LogP contribution is 2.38. The highest BCUT2D eigenvalue weighted by atomic mass is 16.5. The van der Waals surface area contributed by atoms with Gasteiger partial charge in [-0.2, -0.15) is 0 Å². The third kappa shape index (κ3) is 5.61. The number of carboxylic acids is 1. The van der Waals surface area contributed by atoms with E-state index in [1.807, 2.05) is 18.2 Å². The summed E-state index contributed by atoms with van der Waals surface area (Å²) in [6, 6.07) is 9.47. The number of unbranched alkanes of at least 4 members (excludes halogenated alkanes) is 5. The first-order valence-electron chi connectivity index (χ1n) is 11.5. The van der Waals surface area contributed by atoms with Crippen molar-refractivity contribution in [1.29, 1.82) is 0 Å². The Bertz CT molecular complexity index is 686. The predicted molar refractivity (Wildman–Crippen MR) is 116 cm³/mol. The first-order valence-corrected chi connectivity index (χ1v) is 11.5. The van der Waals surface area contributed by atoms with E-state index in [1.54, 1.807) is 4.90 Å². The van der Waals surface area contributed by atoms with Gasteiger partial charge in [-0.25, -0.2) is 4.79 Å². The van der Waals surface area contributed by atoms with Crippen molar-refractivity contribution in [3.05, 3.63) is 35.9 Å². The Balaban J connectivity index is 1.57. The largest absolute Gasteiger partial charge is 0.480 e. The molecule has 2 saturated heterocycles. The molecule has 0 aliphatic carbocycles. The number of carboxylic acid groups (broad SMARTS) is 1. The lowest BCUT2D eigenvalue weighted by atomic mass is 9.96. The topological polar surface area (TPSA) is 70.1 Å². The molecule has 2 aliphatic rings. The normalized spacial score (nSPS) is 21.2. The molecule has 0 aromatic heterocycles. The minimum atomic E-state index is -0.963. The standard InChI is InChI=1S/C24H36N2O4/c1-2-3-4-5-6-10-13-22(27)26-21(23(28)29)19-30-24(26)14-16-25(17-15-24)18-20-11-8-7-9-12-20/h7-9,11-12,21H,2-6,10,13-19H2,1H3,(H,28,29)/t21-/m1/s1. The summed E-state index contributed by atoms with van der Waals surface area (Å²) in [4.78, 5) is 28.8. The van der Waals surface area contributed by atoms with Gasteiger partial charge in [-0.15, -0.1) is 0 Å². The van der Waals surface area contributed by atoms with Crippen LogP contribution in [0.4, 0.5) is 0 Å². The lowest BCUT2D eigenvalue weighted by Gasteiger charge is -2.44. The van der Waals surface area contributed by atoms with Crippen LogP contribution in [0.3, 0.4) is 0 Å². The summed E-state index contributed by atoms with van der Waals surface area (Å²) in [6.07, 6.45) is 8.35. The Morgan fingerprint density at radius 2 is 1.73 bits per heavy atom. The molecule has 1 aromatic rings. The van der Waals surface area contributed by atoms with Gasteiger partial charge in [0.25, 0.3) is 0 Å². The number of aliphatic carboxylic acids is 1. The highest BCUT2D eigenvalue weighted by molar-refractivity contribution is 5.85. The summed E-state index contributed by atoms with van der Waals surface area (Å²) in [6.45, 7) is 4.73. The molecule has 2 fully saturated rings. The fourth-order valence-corrected chi connectivity index (χ4v) is 4.71. The molecule has 3 rings (SSSR count). The average molecular weight is 417 g/mol. The number of hydrogen-bond donors (Lipinski definition) is 1. The lowest BCUT2D eigenvalue weighted by molar-refractivity contribution is -0.166. The van der Waals surface area contributed by atoms with Gasteiger partial charge >= 0.3 is 5.97 Å². The summed E-state index contributed by atoms with van der Waals surface area (Å²) in [5.74, 6) is -1.03. The molecule has 2 aliphatic heterocycles. The molecule has 1 amide bonds. The number of nitrogens with zero attached hydrogens (tertiary/aromatic N) is 2.